The molecule has 2 aromatic carbocycles. The molecule has 1 saturated heterocycles. The average Bonchev–Trinajstić information content (AvgIpc) is 3.20. The third-order valence-electron chi connectivity index (χ3n) is 9.14. The molecule has 0 radical (unpaired) electrons. The van der Waals surface area contributed by atoms with Crippen molar-refractivity contribution >= 4 is 34.2 Å². The Balaban J connectivity index is 0.00000323. The molecule has 1 aliphatic carbocycles. The number of anilines is 1. The number of benzene rings is 2. The van der Waals surface area contributed by atoms with E-state index < -0.39 is 5.97 Å². The van der Waals surface area contributed by atoms with Gasteiger partial charge >= 0.3 is 5.97 Å². The zero-order valence-corrected chi connectivity index (χ0v) is 23.8. The molecule has 1 aromatic heterocycles. The number of fused-ring (bicyclic) bond motifs is 5. The highest BCUT2D eigenvalue weighted by Gasteiger charge is 2.31. The van der Waals surface area contributed by atoms with Crippen molar-refractivity contribution in [2.75, 3.05) is 44.2 Å². The first kappa shape index (κ1) is 29.0. The second-order valence-electron chi connectivity index (χ2n) is 11.5. The van der Waals surface area contributed by atoms with Gasteiger partial charge in [0.25, 0.3) is 0 Å². The Labute approximate surface area is 243 Å². The van der Waals surface area contributed by atoms with E-state index in [1.54, 1.807) is 6.07 Å². The Hall–Kier alpha value is -2.54. The maximum absolute atomic E-state index is 11.9. The number of hydrogen-bond acceptors (Lipinski definition) is 4. The Morgan fingerprint density at radius 2 is 1.85 bits per heavy atom. The van der Waals surface area contributed by atoms with E-state index in [4.69, 9.17) is 16.3 Å². The summed E-state index contributed by atoms with van der Waals surface area (Å²) in [6.07, 6.45) is 8.79. The summed E-state index contributed by atoms with van der Waals surface area (Å²) in [5.74, 6) is -0.394. The third-order valence-corrected chi connectivity index (χ3v) is 9.37. The number of carbonyl (C=O) groups is 1. The SMILES string of the molecule is C.CCN1CCCC(OCCN2CCn3c(c(C4CCCCC4)c4ccc(C(=O)O)cc43)-c3ccc(Cl)cc32)C1. The molecular weight excluding hydrogens is 522 g/mol. The number of aromatic carboxylic acids is 1. The molecule has 1 unspecified atom stereocenters. The summed E-state index contributed by atoms with van der Waals surface area (Å²) in [7, 11) is 0. The zero-order chi connectivity index (χ0) is 26.9. The van der Waals surface area contributed by atoms with Gasteiger partial charge in [0, 0.05) is 53.4 Å². The standard InChI is InChI=1S/C32H40ClN3O3.CH4/c1-2-34-14-6-9-25(21-34)39-18-17-35-15-16-36-29-19-23(32(37)38)10-12-26(29)30(22-7-4-3-5-8-22)31(36)27-13-11-24(33)20-28(27)35;/h10-13,19-20,22,25H,2-9,14-18,21H2,1H3,(H,37,38);1H4. The monoisotopic (exact) mass is 565 g/mol. The van der Waals surface area contributed by atoms with E-state index in [0.717, 1.165) is 55.4 Å². The lowest BCUT2D eigenvalue weighted by atomic mass is 9.81. The lowest BCUT2D eigenvalue weighted by Gasteiger charge is -2.32. The normalized spacial score (nSPS) is 20.1. The molecule has 216 valence electrons. The van der Waals surface area contributed by atoms with Crippen molar-refractivity contribution in [3.8, 4) is 11.3 Å². The Bertz CT molecular complexity index is 1350. The molecule has 6 nitrogen and oxygen atoms in total. The van der Waals surface area contributed by atoms with Gasteiger partial charge in [-0.2, -0.15) is 0 Å². The number of likely N-dealkylation sites (tertiary alicyclic amines) is 1. The molecule has 1 N–H and O–H groups in total. The molecule has 7 heteroatoms. The molecule has 0 bridgehead atoms. The van der Waals surface area contributed by atoms with Gasteiger partial charge in [-0.15, -0.1) is 0 Å². The highest BCUT2D eigenvalue weighted by atomic mass is 35.5. The number of piperidine rings is 1. The van der Waals surface area contributed by atoms with Crippen molar-refractivity contribution in [3.05, 3.63) is 52.5 Å². The van der Waals surface area contributed by atoms with Crippen LogP contribution in [0.4, 0.5) is 5.69 Å². The van der Waals surface area contributed by atoms with Gasteiger partial charge in [-0.05, 0) is 80.6 Å². The van der Waals surface area contributed by atoms with E-state index in [1.807, 2.05) is 12.1 Å². The van der Waals surface area contributed by atoms with Gasteiger partial charge in [-0.25, -0.2) is 4.79 Å². The lowest BCUT2D eigenvalue weighted by molar-refractivity contribution is 0.00437. The zero-order valence-electron chi connectivity index (χ0n) is 23.0. The van der Waals surface area contributed by atoms with Crippen molar-refractivity contribution in [3.63, 3.8) is 0 Å². The second kappa shape index (κ2) is 12.5. The molecule has 2 fully saturated rings. The number of carboxylic acid groups (broad SMARTS) is 1. The molecule has 0 amide bonds. The Kier molecular flexibility index (Phi) is 9.08. The fourth-order valence-electron chi connectivity index (χ4n) is 7.14. The van der Waals surface area contributed by atoms with E-state index in [1.165, 1.54) is 67.3 Å². The van der Waals surface area contributed by atoms with Crippen LogP contribution in [0, 0.1) is 0 Å². The summed E-state index contributed by atoms with van der Waals surface area (Å²) in [5, 5.41) is 11.7. The molecule has 3 aromatic rings. The first-order chi connectivity index (χ1) is 19.0. The number of hydrogen-bond donors (Lipinski definition) is 1. The van der Waals surface area contributed by atoms with E-state index in [9.17, 15) is 9.90 Å². The minimum atomic E-state index is -0.879. The van der Waals surface area contributed by atoms with Crippen LogP contribution in [0.3, 0.4) is 0 Å². The van der Waals surface area contributed by atoms with Gasteiger partial charge in [0.05, 0.1) is 24.0 Å². The van der Waals surface area contributed by atoms with Gasteiger partial charge < -0.3 is 24.2 Å². The molecule has 0 spiro atoms. The molecule has 1 atom stereocenters. The minimum Gasteiger partial charge on any atom is -0.478 e. The molecule has 3 heterocycles. The molecule has 1 saturated carbocycles. The predicted octanol–water partition coefficient (Wildman–Crippen LogP) is 7.66. The molecular formula is C33H44ClN3O3. The van der Waals surface area contributed by atoms with Crippen molar-refractivity contribution in [2.45, 2.75) is 77.9 Å². The number of ether oxygens (including phenoxy) is 1. The van der Waals surface area contributed by atoms with Gasteiger partial charge in [-0.1, -0.05) is 51.3 Å². The van der Waals surface area contributed by atoms with E-state index in [-0.39, 0.29) is 7.43 Å². The number of aromatic nitrogens is 1. The van der Waals surface area contributed by atoms with Crippen LogP contribution in [0.5, 0.6) is 0 Å². The third kappa shape index (κ3) is 5.63. The average molecular weight is 566 g/mol. The molecule has 40 heavy (non-hydrogen) atoms. The predicted molar refractivity (Wildman–Crippen MR) is 165 cm³/mol. The van der Waals surface area contributed by atoms with Crippen molar-refractivity contribution < 1.29 is 14.6 Å². The Morgan fingerprint density at radius 1 is 1.02 bits per heavy atom. The number of carboxylic acids is 1. The quantitative estimate of drug-likeness (QED) is 0.318. The highest BCUT2D eigenvalue weighted by Crippen LogP contribution is 2.47. The van der Waals surface area contributed by atoms with Crippen LogP contribution in [0.1, 0.15) is 81.1 Å². The van der Waals surface area contributed by atoms with Crippen LogP contribution in [-0.2, 0) is 11.3 Å². The maximum Gasteiger partial charge on any atom is 0.335 e. The number of nitrogens with zero attached hydrogens (tertiary/aromatic N) is 3. The van der Waals surface area contributed by atoms with E-state index in [0.29, 0.717) is 24.2 Å². The molecule has 3 aliphatic rings. The van der Waals surface area contributed by atoms with Crippen LogP contribution in [-0.4, -0.2) is 66.0 Å². The van der Waals surface area contributed by atoms with Crippen LogP contribution in [0.2, 0.25) is 5.02 Å². The summed E-state index contributed by atoms with van der Waals surface area (Å²) in [6, 6.07) is 12.0. The van der Waals surface area contributed by atoms with Crippen LogP contribution in [0.15, 0.2) is 36.4 Å². The number of likely N-dealkylation sites (N-methyl/N-ethyl adjacent to an activating group) is 1. The van der Waals surface area contributed by atoms with E-state index >= 15 is 0 Å². The largest absolute Gasteiger partial charge is 0.478 e. The highest BCUT2D eigenvalue weighted by molar-refractivity contribution is 6.31. The summed E-state index contributed by atoms with van der Waals surface area (Å²) >= 11 is 6.60. The maximum atomic E-state index is 11.9. The van der Waals surface area contributed by atoms with Gasteiger partial charge in [0.2, 0.25) is 0 Å². The van der Waals surface area contributed by atoms with Crippen LogP contribution in [0.25, 0.3) is 22.2 Å². The minimum absolute atomic E-state index is 0. The van der Waals surface area contributed by atoms with Crippen molar-refractivity contribution in [1.82, 2.24) is 9.47 Å². The summed E-state index contributed by atoms with van der Waals surface area (Å²) in [5.41, 5.74) is 6.37. The fraction of sp³-hybridized carbons (Fsp3) is 0.545. The Morgan fingerprint density at radius 3 is 2.62 bits per heavy atom. The second-order valence-corrected chi connectivity index (χ2v) is 11.9. The van der Waals surface area contributed by atoms with Gasteiger partial charge in [-0.3, -0.25) is 0 Å². The van der Waals surface area contributed by atoms with Crippen molar-refractivity contribution in [2.24, 2.45) is 0 Å². The van der Waals surface area contributed by atoms with E-state index in [2.05, 4.69) is 39.5 Å². The first-order valence-electron chi connectivity index (χ1n) is 14.8. The topological polar surface area (TPSA) is 57.9 Å². The smallest absolute Gasteiger partial charge is 0.335 e. The summed E-state index contributed by atoms with van der Waals surface area (Å²) < 4.78 is 8.79. The first-order valence-corrected chi connectivity index (χ1v) is 15.2. The molecule has 6 rings (SSSR count). The number of halogens is 1. The molecule has 2 aliphatic heterocycles. The van der Waals surface area contributed by atoms with Crippen LogP contribution >= 0.6 is 11.6 Å². The summed E-state index contributed by atoms with van der Waals surface area (Å²) in [6.45, 7) is 8.60. The summed E-state index contributed by atoms with van der Waals surface area (Å²) in [4.78, 5) is 16.8. The van der Waals surface area contributed by atoms with Crippen LogP contribution < -0.4 is 4.90 Å². The van der Waals surface area contributed by atoms with Gasteiger partial charge in [0.15, 0.2) is 0 Å². The lowest BCUT2D eigenvalue weighted by Crippen LogP contribution is -2.40. The van der Waals surface area contributed by atoms with Crippen molar-refractivity contribution in [1.29, 1.82) is 0 Å². The van der Waals surface area contributed by atoms with Gasteiger partial charge in [0.1, 0.15) is 0 Å². The number of rotatable bonds is 7. The fourth-order valence-corrected chi connectivity index (χ4v) is 7.31.